The molecule has 0 aliphatic carbocycles. The van der Waals surface area contributed by atoms with Crippen molar-refractivity contribution >= 4 is 17.7 Å². The molecule has 90 valence electrons. The molecule has 0 atom stereocenters. The van der Waals surface area contributed by atoms with Gasteiger partial charge in [0.2, 0.25) is 0 Å². The first-order valence-electron chi connectivity index (χ1n) is 6.04. The second-order valence-corrected chi connectivity index (χ2v) is 4.81. The molecule has 0 saturated carbocycles. The standard InChI is InChI=1S/C12H24O2S/c1-3-5-6-7-10-15-11-8-9-12(13)14-4-2/h3-11H2,1-2H3. The van der Waals surface area contributed by atoms with E-state index >= 15 is 0 Å². The maximum atomic E-state index is 11.0. The summed E-state index contributed by atoms with van der Waals surface area (Å²) in [5, 5.41) is 0. The molecule has 0 rings (SSSR count). The van der Waals surface area contributed by atoms with Crippen molar-refractivity contribution in [3.63, 3.8) is 0 Å². The molecular formula is C12H24O2S. The molecule has 2 nitrogen and oxygen atoms in total. The molecule has 0 heterocycles. The lowest BCUT2D eigenvalue weighted by Gasteiger charge is -2.02. The SMILES string of the molecule is CCCCCCSCCCC(=O)OCC. The van der Waals surface area contributed by atoms with Gasteiger partial charge >= 0.3 is 5.97 Å². The molecule has 0 unspecified atom stereocenters. The number of carbonyl (C=O) groups excluding carboxylic acids is 1. The summed E-state index contributed by atoms with van der Waals surface area (Å²) in [6.45, 7) is 4.58. The molecule has 3 heteroatoms. The van der Waals surface area contributed by atoms with E-state index in [0.717, 1.165) is 12.2 Å². The Balaban J connectivity index is 3.01. The Morgan fingerprint density at radius 2 is 1.80 bits per heavy atom. The smallest absolute Gasteiger partial charge is 0.305 e. The summed E-state index contributed by atoms with van der Waals surface area (Å²) in [4.78, 5) is 11.0. The Morgan fingerprint density at radius 3 is 2.47 bits per heavy atom. The number of esters is 1. The Hall–Kier alpha value is -0.180. The van der Waals surface area contributed by atoms with Gasteiger partial charge in [-0.3, -0.25) is 4.79 Å². The van der Waals surface area contributed by atoms with Crippen LogP contribution in [0.15, 0.2) is 0 Å². The second-order valence-electron chi connectivity index (χ2n) is 3.58. The topological polar surface area (TPSA) is 26.3 Å². The lowest BCUT2D eigenvalue weighted by molar-refractivity contribution is -0.143. The molecule has 0 bridgehead atoms. The highest BCUT2D eigenvalue weighted by atomic mass is 32.2. The summed E-state index contributed by atoms with van der Waals surface area (Å²) in [5.74, 6) is 2.28. The van der Waals surface area contributed by atoms with Crippen molar-refractivity contribution in [2.45, 2.75) is 52.4 Å². The molecular weight excluding hydrogens is 208 g/mol. The average molecular weight is 232 g/mol. The van der Waals surface area contributed by atoms with Crippen LogP contribution in [-0.2, 0) is 9.53 Å². The average Bonchev–Trinajstić information content (AvgIpc) is 2.22. The molecule has 0 saturated heterocycles. The van der Waals surface area contributed by atoms with Crippen LogP contribution < -0.4 is 0 Å². The van der Waals surface area contributed by atoms with E-state index < -0.39 is 0 Å². The molecule has 0 aliphatic rings. The number of rotatable bonds is 10. The van der Waals surface area contributed by atoms with E-state index in [0.29, 0.717) is 13.0 Å². The normalized spacial score (nSPS) is 10.3. The number of thioether (sulfide) groups is 1. The van der Waals surface area contributed by atoms with Crippen LogP contribution in [0.3, 0.4) is 0 Å². The van der Waals surface area contributed by atoms with Crippen molar-refractivity contribution < 1.29 is 9.53 Å². The molecule has 0 aromatic heterocycles. The third-order valence-electron chi connectivity index (χ3n) is 2.12. The van der Waals surface area contributed by atoms with Gasteiger partial charge in [0.05, 0.1) is 6.61 Å². The molecule has 0 aromatic rings. The van der Waals surface area contributed by atoms with Crippen molar-refractivity contribution in [1.29, 1.82) is 0 Å². The monoisotopic (exact) mass is 232 g/mol. The summed E-state index contributed by atoms with van der Waals surface area (Å²) in [5.41, 5.74) is 0. The van der Waals surface area contributed by atoms with E-state index in [-0.39, 0.29) is 5.97 Å². The summed E-state index contributed by atoms with van der Waals surface area (Å²) in [6.07, 6.45) is 6.85. The van der Waals surface area contributed by atoms with Gasteiger partial charge in [-0.25, -0.2) is 0 Å². The molecule has 0 fully saturated rings. The summed E-state index contributed by atoms with van der Waals surface area (Å²) >= 11 is 1.96. The highest BCUT2D eigenvalue weighted by Gasteiger charge is 2.00. The fourth-order valence-electron chi connectivity index (χ4n) is 1.28. The number of hydrogen-bond acceptors (Lipinski definition) is 3. The number of ether oxygens (including phenoxy) is 1. The van der Waals surface area contributed by atoms with E-state index in [1.165, 1.54) is 31.4 Å². The third kappa shape index (κ3) is 11.7. The number of unbranched alkanes of at least 4 members (excludes halogenated alkanes) is 3. The van der Waals surface area contributed by atoms with Crippen LogP contribution in [0.1, 0.15) is 52.4 Å². The van der Waals surface area contributed by atoms with Crippen LogP contribution in [0.5, 0.6) is 0 Å². The minimum Gasteiger partial charge on any atom is -0.466 e. The van der Waals surface area contributed by atoms with E-state index in [1.54, 1.807) is 0 Å². The van der Waals surface area contributed by atoms with Crippen molar-refractivity contribution in [1.82, 2.24) is 0 Å². The van der Waals surface area contributed by atoms with Crippen LogP contribution >= 0.6 is 11.8 Å². The zero-order valence-electron chi connectivity index (χ0n) is 10.1. The molecule has 0 spiro atoms. The molecule has 15 heavy (non-hydrogen) atoms. The Labute approximate surface area is 98.2 Å². The molecule has 0 N–H and O–H groups in total. The maximum Gasteiger partial charge on any atom is 0.305 e. The summed E-state index contributed by atoms with van der Waals surface area (Å²) in [7, 11) is 0. The Morgan fingerprint density at radius 1 is 1.07 bits per heavy atom. The first-order valence-corrected chi connectivity index (χ1v) is 7.20. The van der Waals surface area contributed by atoms with Crippen molar-refractivity contribution in [3.05, 3.63) is 0 Å². The molecule has 0 aromatic carbocycles. The number of hydrogen-bond donors (Lipinski definition) is 0. The van der Waals surface area contributed by atoms with E-state index in [4.69, 9.17) is 4.74 Å². The van der Waals surface area contributed by atoms with Crippen LogP contribution in [0.4, 0.5) is 0 Å². The predicted octanol–water partition coefficient (Wildman–Crippen LogP) is 3.64. The lowest BCUT2D eigenvalue weighted by atomic mass is 10.2. The quantitative estimate of drug-likeness (QED) is 0.425. The largest absolute Gasteiger partial charge is 0.466 e. The highest BCUT2D eigenvalue weighted by Crippen LogP contribution is 2.10. The van der Waals surface area contributed by atoms with Gasteiger partial charge in [-0.15, -0.1) is 0 Å². The van der Waals surface area contributed by atoms with Crippen LogP contribution in [0.25, 0.3) is 0 Å². The fourth-order valence-corrected chi connectivity index (χ4v) is 2.25. The fraction of sp³-hybridized carbons (Fsp3) is 0.917. The molecule has 0 amide bonds. The van der Waals surface area contributed by atoms with Gasteiger partial charge in [-0.1, -0.05) is 26.2 Å². The molecule has 0 radical (unpaired) electrons. The van der Waals surface area contributed by atoms with E-state index in [9.17, 15) is 4.79 Å². The van der Waals surface area contributed by atoms with Crippen molar-refractivity contribution in [2.24, 2.45) is 0 Å². The number of carbonyl (C=O) groups is 1. The first-order chi connectivity index (χ1) is 7.31. The van der Waals surface area contributed by atoms with Crippen molar-refractivity contribution in [3.8, 4) is 0 Å². The second kappa shape index (κ2) is 11.9. The lowest BCUT2D eigenvalue weighted by Crippen LogP contribution is -2.03. The van der Waals surface area contributed by atoms with Gasteiger partial charge in [0.1, 0.15) is 0 Å². The summed E-state index contributed by atoms with van der Waals surface area (Å²) < 4.78 is 4.85. The van der Waals surface area contributed by atoms with E-state index in [1.807, 2.05) is 18.7 Å². The first kappa shape index (κ1) is 14.8. The predicted molar refractivity (Wildman–Crippen MR) is 67.3 cm³/mol. The zero-order chi connectivity index (χ0) is 11.4. The Kier molecular flexibility index (Phi) is 11.7. The van der Waals surface area contributed by atoms with Gasteiger partial charge in [0.25, 0.3) is 0 Å². The van der Waals surface area contributed by atoms with E-state index in [2.05, 4.69) is 6.92 Å². The van der Waals surface area contributed by atoms with Crippen molar-refractivity contribution in [2.75, 3.05) is 18.1 Å². The maximum absolute atomic E-state index is 11.0. The van der Waals surface area contributed by atoms with Gasteiger partial charge in [0, 0.05) is 6.42 Å². The Bertz CT molecular complexity index is 149. The van der Waals surface area contributed by atoms with Crippen LogP contribution in [0.2, 0.25) is 0 Å². The summed E-state index contributed by atoms with van der Waals surface area (Å²) in [6, 6.07) is 0. The van der Waals surface area contributed by atoms with Gasteiger partial charge in [0.15, 0.2) is 0 Å². The third-order valence-corrected chi connectivity index (χ3v) is 3.27. The minimum atomic E-state index is -0.0518. The highest BCUT2D eigenvalue weighted by molar-refractivity contribution is 7.99. The van der Waals surface area contributed by atoms with Crippen LogP contribution in [0, 0.1) is 0 Å². The van der Waals surface area contributed by atoms with Gasteiger partial charge in [-0.05, 0) is 31.3 Å². The van der Waals surface area contributed by atoms with Crippen LogP contribution in [-0.4, -0.2) is 24.1 Å². The minimum absolute atomic E-state index is 0.0518. The zero-order valence-corrected chi connectivity index (χ0v) is 10.9. The van der Waals surface area contributed by atoms with Gasteiger partial charge < -0.3 is 4.74 Å². The molecule has 0 aliphatic heterocycles. The van der Waals surface area contributed by atoms with Gasteiger partial charge in [-0.2, -0.15) is 11.8 Å².